The van der Waals surface area contributed by atoms with Crippen LogP contribution in [0, 0.1) is 12.7 Å². The molecule has 0 unspecified atom stereocenters. The predicted molar refractivity (Wildman–Crippen MR) is 118 cm³/mol. The van der Waals surface area contributed by atoms with E-state index in [0.29, 0.717) is 16.9 Å². The van der Waals surface area contributed by atoms with Crippen molar-refractivity contribution in [3.63, 3.8) is 0 Å². The number of hydrogen-bond acceptors (Lipinski definition) is 3. The standard InChI is InChI=1S/C25H22FN3O3/c1-16-3-7-19(8-4-16)24(30)27-22-23(18-9-13-21(32-2)14-10-18)29(28-25(22)31)15-17-5-11-20(26)12-6-17/h3-15,22-23H,1-2H3,(H-,27,28,30,31)/p+1/b29-15-/t22-,23+/m0/s1. The minimum atomic E-state index is -0.839. The Bertz CT molecular complexity index is 1160. The zero-order valence-corrected chi connectivity index (χ0v) is 17.7. The number of nitrogens with zero attached hydrogens (tertiary/aromatic N) is 1. The van der Waals surface area contributed by atoms with E-state index < -0.39 is 12.1 Å². The van der Waals surface area contributed by atoms with Crippen LogP contribution in [0.25, 0.3) is 0 Å². The smallest absolute Gasteiger partial charge is 0.304 e. The molecule has 32 heavy (non-hydrogen) atoms. The van der Waals surface area contributed by atoms with Gasteiger partial charge in [0.2, 0.25) is 12.3 Å². The first-order chi connectivity index (χ1) is 15.4. The molecule has 3 aromatic rings. The Kier molecular flexibility index (Phi) is 5.98. The van der Waals surface area contributed by atoms with Gasteiger partial charge in [-0.2, -0.15) is 0 Å². The molecule has 0 bridgehead atoms. The number of halogens is 1. The summed E-state index contributed by atoms with van der Waals surface area (Å²) in [5.41, 5.74) is 5.82. The van der Waals surface area contributed by atoms with Crippen molar-refractivity contribution in [1.82, 2.24) is 10.7 Å². The molecule has 2 amide bonds. The predicted octanol–water partition coefficient (Wildman–Crippen LogP) is 3.16. The van der Waals surface area contributed by atoms with Crippen LogP contribution in [0.1, 0.15) is 33.1 Å². The van der Waals surface area contributed by atoms with Crippen molar-refractivity contribution in [3.05, 3.63) is 101 Å². The van der Waals surface area contributed by atoms with Crippen molar-refractivity contribution in [2.75, 3.05) is 7.11 Å². The molecule has 1 aliphatic heterocycles. The molecule has 0 aromatic heterocycles. The molecule has 1 saturated heterocycles. The van der Waals surface area contributed by atoms with Crippen LogP contribution in [0.15, 0.2) is 72.8 Å². The molecule has 2 N–H and O–H groups in total. The van der Waals surface area contributed by atoms with Gasteiger partial charge in [-0.25, -0.2) is 4.39 Å². The van der Waals surface area contributed by atoms with Gasteiger partial charge in [0.15, 0.2) is 6.04 Å². The van der Waals surface area contributed by atoms with Crippen LogP contribution < -0.4 is 15.5 Å². The SMILES string of the molecule is COc1ccc([C@@H]2[C@H](NC(=O)c3ccc(C)cc3)C(=O)N/[N+]2=C\c2ccc(F)cc2)cc1. The highest BCUT2D eigenvalue weighted by molar-refractivity contribution is 5.98. The number of aryl methyl sites for hydroxylation is 1. The van der Waals surface area contributed by atoms with E-state index in [2.05, 4.69) is 10.7 Å². The van der Waals surface area contributed by atoms with Crippen molar-refractivity contribution >= 4 is 18.0 Å². The molecular weight excluding hydrogens is 409 g/mol. The minimum Gasteiger partial charge on any atom is -0.497 e. The molecule has 7 heteroatoms. The van der Waals surface area contributed by atoms with Gasteiger partial charge in [0.25, 0.3) is 5.91 Å². The molecular formula is C25H23FN3O3+. The van der Waals surface area contributed by atoms with E-state index in [-0.39, 0.29) is 17.6 Å². The molecule has 1 fully saturated rings. The van der Waals surface area contributed by atoms with Crippen LogP contribution in [0.4, 0.5) is 4.39 Å². The number of carbonyl (C=O) groups excluding carboxylic acids is 2. The van der Waals surface area contributed by atoms with Crippen LogP contribution in [-0.2, 0) is 4.79 Å². The van der Waals surface area contributed by atoms with Gasteiger partial charge in [-0.05, 0) is 67.6 Å². The quantitative estimate of drug-likeness (QED) is 0.609. The summed E-state index contributed by atoms with van der Waals surface area (Å²) >= 11 is 0. The van der Waals surface area contributed by atoms with Crippen LogP contribution in [-0.4, -0.2) is 35.9 Å². The van der Waals surface area contributed by atoms with E-state index in [0.717, 1.165) is 11.1 Å². The number of nitrogens with one attached hydrogen (secondary N) is 2. The molecule has 4 rings (SSSR count). The summed E-state index contributed by atoms with van der Waals surface area (Å²) in [6.07, 6.45) is 1.71. The topological polar surface area (TPSA) is 70.4 Å². The molecule has 1 aliphatic rings. The molecule has 0 saturated carbocycles. The fourth-order valence-electron chi connectivity index (χ4n) is 3.62. The zero-order chi connectivity index (χ0) is 22.7. The molecule has 0 spiro atoms. The Morgan fingerprint density at radius 1 is 1.03 bits per heavy atom. The second kappa shape index (κ2) is 9.01. The Morgan fingerprint density at radius 3 is 2.31 bits per heavy atom. The maximum absolute atomic E-state index is 13.3. The number of carbonyl (C=O) groups is 2. The lowest BCUT2D eigenvalue weighted by molar-refractivity contribution is -0.596. The number of hydrazone groups is 1. The summed E-state index contributed by atoms with van der Waals surface area (Å²) in [5, 5.41) is 2.86. The van der Waals surface area contributed by atoms with Crippen molar-refractivity contribution in [2.24, 2.45) is 0 Å². The first-order valence-electron chi connectivity index (χ1n) is 10.2. The summed E-state index contributed by atoms with van der Waals surface area (Å²) < 4.78 is 20.2. The summed E-state index contributed by atoms with van der Waals surface area (Å²) in [5.74, 6) is -0.347. The number of ether oxygens (including phenoxy) is 1. The Hall–Kier alpha value is -4.00. The Labute approximate surface area is 185 Å². The van der Waals surface area contributed by atoms with Gasteiger partial charge in [-0.1, -0.05) is 17.7 Å². The van der Waals surface area contributed by atoms with Gasteiger partial charge in [-0.15, -0.1) is 10.1 Å². The highest BCUT2D eigenvalue weighted by Crippen LogP contribution is 2.27. The summed E-state index contributed by atoms with van der Waals surface area (Å²) in [6.45, 7) is 1.94. The van der Waals surface area contributed by atoms with Gasteiger partial charge >= 0.3 is 5.91 Å². The first kappa shape index (κ1) is 21.2. The molecule has 162 valence electrons. The number of benzene rings is 3. The van der Waals surface area contributed by atoms with Gasteiger partial charge in [0, 0.05) is 16.7 Å². The van der Waals surface area contributed by atoms with Gasteiger partial charge < -0.3 is 10.1 Å². The second-order valence-electron chi connectivity index (χ2n) is 7.60. The number of amides is 2. The number of hydrazine groups is 1. The maximum Gasteiger partial charge on any atom is 0.304 e. The lowest BCUT2D eigenvalue weighted by atomic mass is 9.99. The average Bonchev–Trinajstić information content (AvgIpc) is 3.10. The van der Waals surface area contributed by atoms with Crippen LogP contribution in [0.3, 0.4) is 0 Å². The van der Waals surface area contributed by atoms with E-state index in [1.165, 1.54) is 12.1 Å². The van der Waals surface area contributed by atoms with Crippen molar-refractivity contribution in [2.45, 2.75) is 19.0 Å². The summed E-state index contributed by atoms with van der Waals surface area (Å²) in [4.78, 5) is 25.7. The average molecular weight is 432 g/mol. The van der Waals surface area contributed by atoms with E-state index >= 15 is 0 Å². The Morgan fingerprint density at radius 2 is 1.69 bits per heavy atom. The highest BCUT2D eigenvalue weighted by atomic mass is 19.1. The normalized spacial score (nSPS) is 19.0. The van der Waals surface area contributed by atoms with Gasteiger partial charge in [0.05, 0.1) is 7.11 Å². The van der Waals surface area contributed by atoms with Crippen LogP contribution >= 0.6 is 0 Å². The largest absolute Gasteiger partial charge is 0.497 e. The van der Waals surface area contributed by atoms with E-state index in [9.17, 15) is 14.0 Å². The van der Waals surface area contributed by atoms with Crippen molar-refractivity contribution < 1.29 is 23.4 Å². The summed E-state index contributed by atoms with van der Waals surface area (Å²) in [7, 11) is 1.58. The van der Waals surface area contributed by atoms with Gasteiger partial charge in [-0.3, -0.25) is 9.59 Å². The first-order valence-corrected chi connectivity index (χ1v) is 10.2. The van der Waals surface area contributed by atoms with E-state index in [4.69, 9.17) is 4.74 Å². The van der Waals surface area contributed by atoms with Crippen LogP contribution in [0.2, 0.25) is 0 Å². The Balaban J connectivity index is 1.69. The monoisotopic (exact) mass is 432 g/mol. The van der Waals surface area contributed by atoms with Crippen molar-refractivity contribution in [3.8, 4) is 5.75 Å². The molecule has 3 aromatic carbocycles. The zero-order valence-electron chi connectivity index (χ0n) is 17.7. The summed E-state index contributed by atoms with van der Waals surface area (Å²) in [6, 6.07) is 19.0. The molecule has 2 atom stereocenters. The molecule has 6 nitrogen and oxygen atoms in total. The van der Waals surface area contributed by atoms with Crippen LogP contribution in [0.5, 0.6) is 5.75 Å². The third-order valence-corrected chi connectivity index (χ3v) is 5.35. The van der Waals surface area contributed by atoms with E-state index in [1.807, 2.05) is 31.2 Å². The number of rotatable bonds is 5. The maximum atomic E-state index is 13.3. The number of methoxy groups -OCH3 is 1. The lowest BCUT2D eigenvalue weighted by Crippen LogP contribution is -2.42. The second-order valence-corrected chi connectivity index (χ2v) is 7.60. The minimum absolute atomic E-state index is 0.340. The lowest BCUT2D eigenvalue weighted by Gasteiger charge is -2.15. The number of hydrogen-bond donors (Lipinski definition) is 2. The van der Waals surface area contributed by atoms with E-state index in [1.54, 1.807) is 54.4 Å². The fraction of sp³-hybridized carbons (Fsp3) is 0.160. The van der Waals surface area contributed by atoms with Gasteiger partial charge in [0.1, 0.15) is 11.6 Å². The highest BCUT2D eigenvalue weighted by Gasteiger charge is 2.47. The molecule has 0 aliphatic carbocycles. The third-order valence-electron chi connectivity index (χ3n) is 5.35. The third kappa shape index (κ3) is 4.51. The fourth-order valence-corrected chi connectivity index (χ4v) is 3.62. The molecule has 0 radical (unpaired) electrons. The molecule has 1 heterocycles. The van der Waals surface area contributed by atoms with Crippen molar-refractivity contribution in [1.29, 1.82) is 0 Å².